The van der Waals surface area contributed by atoms with Crippen molar-refractivity contribution in [3.05, 3.63) is 164 Å². The summed E-state index contributed by atoms with van der Waals surface area (Å²) in [6.45, 7) is 0. The molecule has 0 N–H and O–H groups in total. The zero-order chi connectivity index (χ0) is 33.9. The first-order valence-corrected chi connectivity index (χ1v) is 18.3. The van der Waals surface area contributed by atoms with Gasteiger partial charge in [0.25, 0.3) is 0 Å². The summed E-state index contributed by atoms with van der Waals surface area (Å²) < 4.78 is 9.41. The fraction of sp³-hybridized carbons (Fsp3) is 0. The van der Waals surface area contributed by atoms with Gasteiger partial charge in [-0.15, -0.1) is 11.3 Å². The molecule has 0 fully saturated rings. The molecule has 6 heteroatoms. The van der Waals surface area contributed by atoms with Crippen molar-refractivity contribution >= 4 is 97.2 Å². The first kappa shape index (κ1) is 28.0. The Hall–Kier alpha value is -6.76. The average molecular weight is 682 g/mol. The third-order valence-electron chi connectivity index (χ3n) is 10.7. The fourth-order valence-electron chi connectivity index (χ4n) is 8.51. The Labute approximate surface area is 300 Å². The van der Waals surface area contributed by atoms with E-state index in [1.165, 1.54) is 54.4 Å². The third-order valence-corrected chi connectivity index (χ3v) is 11.8. The summed E-state index contributed by atoms with van der Waals surface area (Å²) in [6.07, 6.45) is 1.85. The maximum atomic E-state index is 5.23. The van der Waals surface area contributed by atoms with Crippen molar-refractivity contribution < 1.29 is 0 Å². The Morgan fingerprint density at radius 1 is 0.365 bits per heavy atom. The molecule has 6 aromatic carbocycles. The fourth-order valence-corrected chi connectivity index (χ4v) is 9.51. The van der Waals surface area contributed by atoms with Crippen LogP contribution in [-0.2, 0) is 0 Å². The van der Waals surface area contributed by atoms with E-state index in [4.69, 9.17) is 4.98 Å². The van der Waals surface area contributed by atoms with Crippen LogP contribution >= 0.6 is 11.3 Å². The topological polar surface area (TPSA) is 40.6 Å². The molecule has 52 heavy (non-hydrogen) atoms. The Morgan fingerprint density at radius 3 is 1.40 bits per heavy atom. The van der Waals surface area contributed by atoms with E-state index in [0.717, 1.165) is 48.7 Å². The molecule has 0 aliphatic carbocycles. The molecule has 0 atom stereocenters. The number of fused-ring (bicyclic) bond motifs is 12. The van der Waals surface area contributed by atoms with E-state index in [9.17, 15) is 0 Å². The summed E-state index contributed by atoms with van der Waals surface area (Å²) >= 11 is 1.74. The van der Waals surface area contributed by atoms with Crippen molar-refractivity contribution in [3.63, 3.8) is 0 Å². The van der Waals surface area contributed by atoms with Crippen molar-refractivity contribution in [1.82, 2.24) is 23.7 Å². The summed E-state index contributed by atoms with van der Waals surface area (Å²) in [7, 11) is 0. The lowest BCUT2D eigenvalue weighted by Crippen LogP contribution is -1.98. The Bertz CT molecular complexity index is 3380. The quantitative estimate of drug-likeness (QED) is 0.186. The van der Waals surface area contributed by atoms with Gasteiger partial charge in [-0.05, 0) is 84.9 Å². The highest BCUT2D eigenvalue weighted by atomic mass is 32.1. The minimum absolute atomic E-state index is 0.895. The second kappa shape index (κ2) is 10.4. The van der Waals surface area contributed by atoms with E-state index < -0.39 is 0 Å². The van der Waals surface area contributed by atoms with Gasteiger partial charge in [0.05, 0.1) is 42.5 Å². The maximum absolute atomic E-state index is 5.23. The van der Waals surface area contributed by atoms with Gasteiger partial charge in [0.2, 0.25) is 0 Å². The van der Waals surface area contributed by atoms with E-state index in [2.05, 4.69) is 170 Å². The van der Waals surface area contributed by atoms with Crippen LogP contribution in [0.3, 0.4) is 0 Å². The standard InChI is InChI=1S/C46H27N5S/c1-5-14-36-30(10-1)31-11-2-6-15-37(31)49(36)28-19-21-40-34(26-28)32-12-3-7-16-38(32)50(40)29-20-22-41-35(27-29)33-13-4-8-17-39(33)51(41)44-24-23-43-46(48-44)45-42(52-43)18-9-25-47-45/h1-27H. The first-order chi connectivity index (χ1) is 25.8. The molecule has 0 spiro atoms. The van der Waals surface area contributed by atoms with Crippen molar-refractivity contribution in [2.24, 2.45) is 0 Å². The Kier molecular flexibility index (Phi) is 5.59. The predicted octanol–water partition coefficient (Wildman–Crippen LogP) is 12.1. The van der Waals surface area contributed by atoms with Gasteiger partial charge in [0.15, 0.2) is 0 Å². The SMILES string of the molecule is c1cnc2c(c1)sc1ccc(-n3c4ccccc4c4cc(-n5c6ccccc6c6cc(-n7c8ccccc8c8ccccc87)ccc65)ccc43)nc12. The van der Waals surface area contributed by atoms with Gasteiger partial charge in [0.1, 0.15) is 16.9 Å². The lowest BCUT2D eigenvalue weighted by Gasteiger charge is -2.11. The van der Waals surface area contributed by atoms with Crippen molar-refractivity contribution in [2.45, 2.75) is 0 Å². The molecule has 0 aliphatic rings. The van der Waals surface area contributed by atoms with Crippen LogP contribution < -0.4 is 0 Å². The van der Waals surface area contributed by atoms with E-state index in [0.29, 0.717) is 0 Å². The number of hydrogen-bond acceptors (Lipinski definition) is 3. The normalized spacial score (nSPS) is 12.2. The molecular formula is C46H27N5S. The highest BCUT2D eigenvalue weighted by Crippen LogP contribution is 2.40. The van der Waals surface area contributed by atoms with Gasteiger partial charge in [-0.2, -0.15) is 0 Å². The van der Waals surface area contributed by atoms with Crippen LogP contribution in [0.4, 0.5) is 0 Å². The maximum Gasteiger partial charge on any atom is 0.138 e. The molecule has 12 aromatic rings. The van der Waals surface area contributed by atoms with Gasteiger partial charge < -0.3 is 9.13 Å². The lowest BCUT2D eigenvalue weighted by molar-refractivity contribution is 1.10. The summed E-state index contributed by atoms with van der Waals surface area (Å²) in [4.78, 5) is 9.92. The zero-order valence-corrected chi connectivity index (χ0v) is 28.5. The van der Waals surface area contributed by atoms with Gasteiger partial charge >= 0.3 is 0 Å². The molecule has 6 heterocycles. The molecule has 0 amide bonds. The number of pyridine rings is 2. The molecule has 0 saturated carbocycles. The number of thiophene rings is 1. The number of para-hydroxylation sites is 4. The number of hydrogen-bond donors (Lipinski definition) is 0. The van der Waals surface area contributed by atoms with Crippen LogP contribution in [0.1, 0.15) is 0 Å². The minimum atomic E-state index is 0.895. The highest BCUT2D eigenvalue weighted by Gasteiger charge is 2.19. The number of rotatable bonds is 3. The molecule has 0 unspecified atom stereocenters. The first-order valence-electron chi connectivity index (χ1n) is 17.5. The van der Waals surface area contributed by atoms with Gasteiger partial charge in [-0.25, -0.2) is 4.98 Å². The van der Waals surface area contributed by atoms with Crippen molar-refractivity contribution in [1.29, 1.82) is 0 Å². The molecule has 5 nitrogen and oxygen atoms in total. The van der Waals surface area contributed by atoms with Crippen LogP contribution in [-0.4, -0.2) is 23.7 Å². The van der Waals surface area contributed by atoms with E-state index in [1.807, 2.05) is 12.3 Å². The lowest BCUT2D eigenvalue weighted by atomic mass is 10.1. The Morgan fingerprint density at radius 2 is 0.827 bits per heavy atom. The summed E-state index contributed by atoms with van der Waals surface area (Å²) in [5.74, 6) is 0.895. The largest absolute Gasteiger partial charge is 0.309 e. The van der Waals surface area contributed by atoms with Crippen LogP contribution in [0.15, 0.2) is 164 Å². The minimum Gasteiger partial charge on any atom is -0.309 e. The molecule has 242 valence electrons. The summed E-state index contributed by atoms with van der Waals surface area (Å²) in [5.41, 5.74) is 11.2. The monoisotopic (exact) mass is 681 g/mol. The van der Waals surface area contributed by atoms with Crippen molar-refractivity contribution in [3.8, 4) is 17.2 Å². The van der Waals surface area contributed by atoms with Gasteiger partial charge in [-0.3, -0.25) is 9.55 Å². The summed E-state index contributed by atoms with van der Waals surface area (Å²) in [5, 5.41) is 7.38. The molecule has 0 radical (unpaired) electrons. The van der Waals surface area contributed by atoms with Crippen LogP contribution in [0.2, 0.25) is 0 Å². The second-order valence-electron chi connectivity index (χ2n) is 13.4. The molecule has 6 aromatic heterocycles. The zero-order valence-electron chi connectivity index (χ0n) is 27.7. The van der Waals surface area contributed by atoms with Crippen LogP contribution in [0.5, 0.6) is 0 Å². The third kappa shape index (κ3) is 3.76. The second-order valence-corrected chi connectivity index (χ2v) is 14.5. The molecule has 0 bridgehead atoms. The smallest absolute Gasteiger partial charge is 0.138 e. The number of nitrogens with zero attached hydrogens (tertiary/aromatic N) is 5. The summed E-state index contributed by atoms with van der Waals surface area (Å²) in [6, 6.07) is 57.1. The van der Waals surface area contributed by atoms with Gasteiger partial charge in [-0.1, -0.05) is 72.8 Å². The average Bonchev–Trinajstić information content (AvgIpc) is 3.93. The van der Waals surface area contributed by atoms with E-state index in [-0.39, 0.29) is 0 Å². The van der Waals surface area contributed by atoms with Crippen molar-refractivity contribution in [2.75, 3.05) is 0 Å². The predicted molar refractivity (Wildman–Crippen MR) is 218 cm³/mol. The molecule has 0 aliphatic heterocycles. The Balaban J connectivity index is 1.08. The van der Waals surface area contributed by atoms with Gasteiger partial charge in [0, 0.05) is 49.9 Å². The number of aromatic nitrogens is 5. The highest BCUT2D eigenvalue weighted by molar-refractivity contribution is 7.25. The van der Waals surface area contributed by atoms with Crippen LogP contribution in [0.25, 0.3) is 103 Å². The van der Waals surface area contributed by atoms with E-state index in [1.54, 1.807) is 11.3 Å². The number of benzene rings is 6. The molecule has 0 saturated heterocycles. The molecular weight excluding hydrogens is 655 g/mol. The van der Waals surface area contributed by atoms with E-state index >= 15 is 0 Å². The molecule has 12 rings (SSSR count). The van der Waals surface area contributed by atoms with Crippen LogP contribution in [0, 0.1) is 0 Å².